The highest BCUT2D eigenvalue weighted by Gasteiger charge is 2.27. The van der Waals surface area contributed by atoms with Crippen molar-refractivity contribution in [1.82, 2.24) is 5.43 Å². The van der Waals surface area contributed by atoms with Gasteiger partial charge in [0.2, 0.25) is 0 Å². The highest BCUT2D eigenvalue weighted by molar-refractivity contribution is 5.86. The topological polar surface area (TPSA) is 24.4 Å². The third-order valence-corrected chi connectivity index (χ3v) is 2.51. The van der Waals surface area contributed by atoms with Gasteiger partial charge in [-0.1, -0.05) is 19.8 Å². The Morgan fingerprint density at radius 2 is 1.93 bits per heavy atom. The van der Waals surface area contributed by atoms with Gasteiger partial charge in [0.1, 0.15) is 0 Å². The van der Waals surface area contributed by atoms with Gasteiger partial charge >= 0.3 is 6.30 Å². The van der Waals surface area contributed by atoms with E-state index in [1.165, 1.54) is 5.43 Å². The largest absolute Gasteiger partial charge is 0.497 e. The molecular formula is C9H15F3N2. The smallest absolute Gasteiger partial charge is 0.218 e. The van der Waals surface area contributed by atoms with Crippen molar-refractivity contribution in [2.75, 3.05) is 0 Å². The normalized spacial score (nSPS) is 20.1. The zero-order valence-electron chi connectivity index (χ0n) is 8.19. The molecule has 0 saturated heterocycles. The maximum absolute atomic E-state index is 11.8. The fraction of sp³-hybridized carbons (Fsp3) is 0.889. The van der Waals surface area contributed by atoms with E-state index < -0.39 is 6.30 Å². The number of hydrogen-bond donors (Lipinski definition) is 1. The van der Waals surface area contributed by atoms with Crippen LogP contribution in [0.2, 0.25) is 0 Å². The van der Waals surface area contributed by atoms with E-state index in [0.717, 1.165) is 25.7 Å². The molecule has 0 aromatic rings. The summed E-state index contributed by atoms with van der Waals surface area (Å²) in [6.07, 6.45) is 0.358. The van der Waals surface area contributed by atoms with Crippen molar-refractivity contribution < 1.29 is 13.2 Å². The molecule has 0 bridgehead atoms. The lowest BCUT2D eigenvalue weighted by atomic mass is 10.0. The molecule has 0 aliphatic heterocycles. The molecule has 14 heavy (non-hydrogen) atoms. The predicted molar refractivity (Wildman–Crippen MR) is 48.9 cm³/mol. The lowest BCUT2D eigenvalue weighted by Crippen LogP contribution is -2.28. The van der Waals surface area contributed by atoms with Gasteiger partial charge in [0, 0.05) is 5.71 Å². The van der Waals surface area contributed by atoms with E-state index in [2.05, 4.69) is 5.10 Å². The van der Waals surface area contributed by atoms with Crippen molar-refractivity contribution in [2.45, 2.75) is 45.3 Å². The molecule has 0 atom stereocenters. The van der Waals surface area contributed by atoms with Crippen LogP contribution in [-0.2, 0) is 0 Å². The molecule has 1 fully saturated rings. The Labute approximate surface area is 81.6 Å². The van der Waals surface area contributed by atoms with E-state index in [-0.39, 0.29) is 5.92 Å². The van der Waals surface area contributed by atoms with Crippen LogP contribution in [0.25, 0.3) is 0 Å². The van der Waals surface area contributed by atoms with Gasteiger partial charge in [-0.05, 0) is 25.2 Å². The molecule has 0 spiro atoms. The molecule has 1 N–H and O–H groups in total. The van der Waals surface area contributed by atoms with Gasteiger partial charge < -0.3 is 0 Å². The molecule has 0 heterocycles. The second-order valence-electron chi connectivity index (χ2n) is 3.55. The summed E-state index contributed by atoms with van der Waals surface area (Å²) in [6.45, 7) is 1.84. The Bertz CT molecular complexity index is 205. The Morgan fingerprint density at radius 3 is 2.36 bits per heavy atom. The molecule has 0 radical (unpaired) electrons. The summed E-state index contributed by atoms with van der Waals surface area (Å²) in [5, 5.41) is 3.44. The van der Waals surface area contributed by atoms with Gasteiger partial charge in [-0.15, -0.1) is 13.2 Å². The van der Waals surface area contributed by atoms with Crippen molar-refractivity contribution in [3.05, 3.63) is 0 Å². The van der Waals surface area contributed by atoms with Crippen LogP contribution in [0.1, 0.15) is 39.0 Å². The maximum atomic E-state index is 11.8. The summed E-state index contributed by atoms with van der Waals surface area (Å²) in [5.41, 5.74) is 1.89. The Hall–Kier alpha value is -0.740. The molecule has 0 aromatic heterocycles. The molecule has 5 heteroatoms. The number of halogens is 3. The second kappa shape index (κ2) is 4.66. The highest BCUT2D eigenvalue weighted by Crippen LogP contribution is 2.27. The SMILES string of the molecule is CC/C(=N\NC(F)(F)F)C1CCCC1. The summed E-state index contributed by atoms with van der Waals surface area (Å²) in [6, 6.07) is 0. The van der Waals surface area contributed by atoms with Crippen LogP contribution in [-0.4, -0.2) is 12.0 Å². The van der Waals surface area contributed by atoms with Crippen LogP contribution in [0.5, 0.6) is 0 Å². The summed E-state index contributed by atoms with van der Waals surface area (Å²) >= 11 is 0. The Balaban J connectivity index is 2.51. The average molecular weight is 208 g/mol. The first-order valence-electron chi connectivity index (χ1n) is 4.93. The van der Waals surface area contributed by atoms with Crippen molar-refractivity contribution in [3.63, 3.8) is 0 Å². The molecule has 1 aliphatic carbocycles. The number of hydrogen-bond acceptors (Lipinski definition) is 2. The van der Waals surface area contributed by atoms with Crippen LogP contribution in [0.4, 0.5) is 13.2 Å². The predicted octanol–water partition coefficient (Wildman–Crippen LogP) is 3.05. The maximum Gasteiger partial charge on any atom is 0.497 e. The number of alkyl halides is 3. The van der Waals surface area contributed by atoms with Gasteiger partial charge in [-0.3, -0.25) is 0 Å². The third-order valence-electron chi connectivity index (χ3n) is 2.51. The third kappa shape index (κ3) is 3.55. The van der Waals surface area contributed by atoms with Gasteiger partial charge in [0.25, 0.3) is 0 Å². The van der Waals surface area contributed by atoms with Crippen molar-refractivity contribution in [2.24, 2.45) is 11.0 Å². The monoisotopic (exact) mass is 208 g/mol. The molecular weight excluding hydrogens is 193 g/mol. The van der Waals surface area contributed by atoms with Gasteiger partial charge in [-0.25, -0.2) is 5.43 Å². The number of nitrogens with one attached hydrogen (secondary N) is 1. The standard InChI is InChI=1S/C9H15F3N2/c1-2-8(7-5-3-4-6-7)13-14-9(10,11)12/h7,14H,2-6H2,1H3/b13-8+. The second-order valence-corrected chi connectivity index (χ2v) is 3.55. The molecule has 1 rings (SSSR count). The van der Waals surface area contributed by atoms with Crippen LogP contribution >= 0.6 is 0 Å². The van der Waals surface area contributed by atoms with Gasteiger partial charge in [0.05, 0.1) is 0 Å². The molecule has 82 valence electrons. The molecule has 1 saturated carbocycles. The van der Waals surface area contributed by atoms with Crippen LogP contribution in [0.15, 0.2) is 5.10 Å². The minimum atomic E-state index is -4.40. The first kappa shape index (κ1) is 11.3. The number of rotatable bonds is 3. The fourth-order valence-electron chi connectivity index (χ4n) is 1.85. The summed E-state index contributed by atoms with van der Waals surface area (Å²) in [7, 11) is 0. The summed E-state index contributed by atoms with van der Waals surface area (Å²) in [4.78, 5) is 0. The lowest BCUT2D eigenvalue weighted by molar-refractivity contribution is -0.156. The zero-order valence-corrected chi connectivity index (χ0v) is 8.19. The quantitative estimate of drug-likeness (QED) is 0.430. The number of nitrogens with zero attached hydrogens (tertiary/aromatic N) is 1. The molecule has 0 amide bonds. The molecule has 0 unspecified atom stereocenters. The van der Waals surface area contributed by atoms with E-state index >= 15 is 0 Å². The van der Waals surface area contributed by atoms with Crippen LogP contribution in [0, 0.1) is 5.92 Å². The Kier molecular flexibility index (Phi) is 3.77. The van der Waals surface area contributed by atoms with Crippen LogP contribution < -0.4 is 5.43 Å². The molecule has 1 aliphatic rings. The first-order chi connectivity index (χ1) is 6.53. The minimum Gasteiger partial charge on any atom is -0.218 e. The van der Waals surface area contributed by atoms with Crippen molar-refractivity contribution in [1.29, 1.82) is 0 Å². The van der Waals surface area contributed by atoms with Gasteiger partial charge in [0.15, 0.2) is 0 Å². The lowest BCUT2D eigenvalue weighted by Gasteiger charge is -2.12. The summed E-state index contributed by atoms with van der Waals surface area (Å²) in [5.74, 6) is 0.259. The van der Waals surface area contributed by atoms with Crippen LogP contribution in [0.3, 0.4) is 0 Å². The molecule has 2 nitrogen and oxygen atoms in total. The van der Waals surface area contributed by atoms with E-state index in [1.54, 1.807) is 0 Å². The first-order valence-corrected chi connectivity index (χ1v) is 4.93. The van der Waals surface area contributed by atoms with Gasteiger partial charge in [-0.2, -0.15) is 5.10 Å². The molecule has 0 aromatic carbocycles. The van der Waals surface area contributed by atoms with Crippen molar-refractivity contribution in [3.8, 4) is 0 Å². The van der Waals surface area contributed by atoms with E-state index in [4.69, 9.17) is 0 Å². The summed E-state index contributed by atoms with van der Waals surface area (Å²) < 4.78 is 35.5. The zero-order chi connectivity index (χ0) is 10.6. The van der Waals surface area contributed by atoms with Crippen molar-refractivity contribution >= 4 is 5.71 Å². The highest BCUT2D eigenvalue weighted by atomic mass is 19.4. The number of hydrazone groups is 1. The Morgan fingerprint density at radius 1 is 1.36 bits per heavy atom. The van der Waals surface area contributed by atoms with E-state index in [0.29, 0.717) is 12.1 Å². The van der Waals surface area contributed by atoms with E-state index in [1.807, 2.05) is 6.92 Å². The van der Waals surface area contributed by atoms with E-state index in [9.17, 15) is 13.2 Å². The minimum absolute atomic E-state index is 0.259. The average Bonchev–Trinajstić information content (AvgIpc) is 2.56. The fourth-order valence-corrected chi connectivity index (χ4v) is 1.85.